The topological polar surface area (TPSA) is 52.3 Å². The molecule has 70 valence electrons. The van der Waals surface area contributed by atoms with Gasteiger partial charge in [-0.25, -0.2) is 4.39 Å². The van der Waals surface area contributed by atoms with Crippen LogP contribution in [0, 0.1) is 5.82 Å². The summed E-state index contributed by atoms with van der Waals surface area (Å²) in [5.74, 6) is -0.604. The standard InChI is InChI=1S/C9H10FNO2/c1-13-7-3-2-6(4-9(11)12)8(10)5-7/h2-3,5H,4H2,1H3,(H2,11,12). The second kappa shape index (κ2) is 3.89. The fraction of sp³-hybridized carbons (Fsp3) is 0.222. The van der Waals surface area contributed by atoms with E-state index in [9.17, 15) is 9.18 Å². The lowest BCUT2D eigenvalue weighted by molar-refractivity contribution is -0.117. The van der Waals surface area contributed by atoms with Crippen molar-refractivity contribution in [2.24, 2.45) is 5.73 Å². The van der Waals surface area contributed by atoms with Crippen LogP contribution in [-0.4, -0.2) is 13.0 Å². The van der Waals surface area contributed by atoms with E-state index >= 15 is 0 Å². The van der Waals surface area contributed by atoms with E-state index in [1.54, 1.807) is 6.07 Å². The molecule has 0 spiro atoms. The molecule has 1 amide bonds. The van der Waals surface area contributed by atoms with Gasteiger partial charge in [0, 0.05) is 6.07 Å². The van der Waals surface area contributed by atoms with Gasteiger partial charge in [-0.05, 0) is 11.6 Å². The molecule has 0 atom stereocenters. The maximum absolute atomic E-state index is 13.1. The Morgan fingerprint density at radius 2 is 2.31 bits per heavy atom. The number of benzene rings is 1. The molecule has 0 fully saturated rings. The summed E-state index contributed by atoms with van der Waals surface area (Å²) >= 11 is 0. The summed E-state index contributed by atoms with van der Waals surface area (Å²) in [5.41, 5.74) is 5.21. The van der Waals surface area contributed by atoms with E-state index in [2.05, 4.69) is 0 Å². The predicted molar refractivity (Wildman–Crippen MR) is 45.9 cm³/mol. The van der Waals surface area contributed by atoms with E-state index in [0.29, 0.717) is 5.75 Å². The van der Waals surface area contributed by atoms with E-state index in [-0.39, 0.29) is 12.0 Å². The van der Waals surface area contributed by atoms with Gasteiger partial charge in [-0.3, -0.25) is 4.79 Å². The number of hydrogen-bond acceptors (Lipinski definition) is 2. The minimum atomic E-state index is -0.552. The van der Waals surface area contributed by atoms with Gasteiger partial charge in [-0.2, -0.15) is 0 Å². The number of rotatable bonds is 3. The van der Waals surface area contributed by atoms with Gasteiger partial charge in [-0.15, -0.1) is 0 Å². The zero-order chi connectivity index (χ0) is 9.84. The summed E-state index contributed by atoms with van der Waals surface area (Å²) in [7, 11) is 1.45. The number of primary amides is 1. The molecule has 4 heteroatoms. The Bertz CT molecular complexity index is 325. The Hall–Kier alpha value is -1.58. The fourth-order valence-corrected chi connectivity index (χ4v) is 0.986. The molecule has 0 unspecified atom stereocenters. The molecule has 2 N–H and O–H groups in total. The number of nitrogens with two attached hydrogens (primary N) is 1. The minimum absolute atomic E-state index is 0.0875. The molecule has 0 bridgehead atoms. The van der Waals surface area contributed by atoms with Crippen molar-refractivity contribution in [3.05, 3.63) is 29.6 Å². The lowest BCUT2D eigenvalue weighted by Crippen LogP contribution is -2.14. The largest absolute Gasteiger partial charge is 0.497 e. The molecule has 3 nitrogen and oxygen atoms in total. The van der Waals surface area contributed by atoms with Crippen LogP contribution in [0.4, 0.5) is 4.39 Å². The molecule has 0 saturated heterocycles. The van der Waals surface area contributed by atoms with Crippen LogP contribution in [0.3, 0.4) is 0 Å². The smallest absolute Gasteiger partial charge is 0.221 e. The van der Waals surface area contributed by atoms with Crippen LogP contribution in [0.5, 0.6) is 5.75 Å². The summed E-state index contributed by atoms with van der Waals surface area (Å²) in [6.07, 6.45) is -0.0875. The van der Waals surface area contributed by atoms with Crippen molar-refractivity contribution < 1.29 is 13.9 Å². The summed E-state index contributed by atoms with van der Waals surface area (Å²) in [6, 6.07) is 4.29. The lowest BCUT2D eigenvalue weighted by atomic mass is 10.1. The molecule has 0 aliphatic rings. The van der Waals surface area contributed by atoms with Crippen molar-refractivity contribution in [2.45, 2.75) is 6.42 Å². The van der Waals surface area contributed by atoms with Crippen molar-refractivity contribution in [3.8, 4) is 5.75 Å². The third-order valence-electron chi connectivity index (χ3n) is 1.62. The summed E-state index contributed by atoms with van der Waals surface area (Å²) in [5, 5.41) is 0. The van der Waals surface area contributed by atoms with E-state index in [1.807, 2.05) is 0 Å². The molecule has 0 heterocycles. The highest BCUT2D eigenvalue weighted by atomic mass is 19.1. The second-order valence-corrected chi connectivity index (χ2v) is 2.60. The quantitative estimate of drug-likeness (QED) is 0.755. The zero-order valence-electron chi connectivity index (χ0n) is 7.21. The van der Waals surface area contributed by atoms with Gasteiger partial charge in [-0.1, -0.05) is 6.07 Å². The third-order valence-corrected chi connectivity index (χ3v) is 1.62. The normalized spacial score (nSPS) is 9.69. The fourth-order valence-electron chi connectivity index (χ4n) is 0.986. The number of ether oxygens (including phenoxy) is 1. The monoisotopic (exact) mass is 183 g/mol. The highest BCUT2D eigenvalue weighted by molar-refractivity contribution is 5.76. The number of methoxy groups -OCH3 is 1. The Morgan fingerprint density at radius 3 is 2.77 bits per heavy atom. The van der Waals surface area contributed by atoms with Gasteiger partial charge in [0.05, 0.1) is 13.5 Å². The third kappa shape index (κ3) is 2.43. The average Bonchev–Trinajstić information content (AvgIpc) is 2.08. The van der Waals surface area contributed by atoms with Crippen molar-refractivity contribution in [1.82, 2.24) is 0 Å². The van der Waals surface area contributed by atoms with Crippen LogP contribution >= 0.6 is 0 Å². The molecule has 1 rings (SSSR count). The Labute approximate surface area is 75.3 Å². The van der Waals surface area contributed by atoms with E-state index in [4.69, 9.17) is 10.5 Å². The van der Waals surface area contributed by atoms with Crippen LogP contribution in [0.1, 0.15) is 5.56 Å². The highest BCUT2D eigenvalue weighted by Crippen LogP contribution is 2.16. The minimum Gasteiger partial charge on any atom is -0.497 e. The van der Waals surface area contributed by atoms with Crippen molar-refractivity contribution in [2.75, 3.05) is 7.11 Å². The summed E-state index contributed by atoms with van der Waals surface area (Å²) < 4.78 is 17.9. The van der Waals surface area contributed by atoms with Crippen LogP contribution < -0.4 is 10.5 Å². The van der Waals surface area contributed by atoms with Crippen molar-refractivity contribution >= 4 is 5.91 Å². The molecule has 0 saturated carbocycles. The van der Waals surface area contributed by atoms with Gasteiger partial charge in [0.25, 0.3) is 0 Å². The SMILES string of the molecule is COc1ccc(CC(N)=O)c(F)c1. The first-order valence-corrected chi connectivity index (χ1v) is 3.74. The van der Waals surface area contributed by atoms with Gasteiger partial charge < -0.3 is 10.5 Å². The Balaban J connectivity index is 2.91. The van der Waals surface area contributed by atoms with E-state index in [1.165, 1.54) is 19.2 Å². The van der Waals surface area contributed by atoms with Crippen LogP contribution in [0.2, 0.25) is 0 Å². The first kappa shape index (κ1) is 9.51. The Kier molecular flexibility index (Phi) is 2.84. The van der Waals surface area contributed by atoms with E-state index in [0.717, 1.165) is 0 Å². The molecule has 0 aliphatic heterocycles. The van der Waals surface area contributed by atoms with Gasteiger partial charge in [0.1, 0.15) is 11.6 Å². The van der Waals surface area contributed by atoms with Crippen LogP contribution in [-0.2, 0) is 11.2 Å². The molecule has 0 aromatic heterocycles. The maximum atomic E-state index is 13.1. The number of amides is 1. The number of halogens is 1. The van der Waals surface area contributed by atoms with Crippen LogP contribution in [0.15, 0.2) is 18.2 Å². The molecule has 1 aromatic carbocycles. The molecule has 1 aromatic rings. The predicted octanol–water partition coefficient (Wildman–Crippen LogP) is 0.862. The molecular formula is C9H10FNO2. The molecule has 13 heavy (non-hydrogen) atoms. The molecule has 0 radical (unpaired) electrons. The highest BCUT2D eigenvalue weighted by Gasteiger charge is 2.06. The zero-order valence-corrected chi connectivity index (χ0v) is 7.21. The first-order chi connectivity index (χ1) is 6.13. The summed E-state index contributed by atoms with van der Waals surface area (Å²) in [4.78, 5) is 10.5. The van der Waals surface area contributed by atoms with E-state index < -0.39 is 11.7 Å². The maximum Gasteiger partial charge on any atom is 0.221 e. The first-order valence-electron chi connectivity index (χ1n) is 3.74. The molecular weight excluding hydrogens is 173 g/mol. The van der Waals surface area contributed by atoms with Gasteiger partial charge in [0.2, 0.25) is 5.91 Å². The summed E-state index contributed by atoms with van der Waals surface area (Å²) in [6.45, 7) is 0. The Morgan fingerprint density at radius 1 is 1.62 bits per heavy atom. The van der Waals surface area contributed by atoms with Crippen molar-refractivity contribution in [1.29, 1.82) is 0 Å². The second-order valence-electron chi connectivity index (χ2n) is 2.60. The number of carbonyl (C=O) groups is 1. The lowest BCUT2D eigenvalue weighted by Gasteiger charge is -2.03. The van der Waals surface area contributed by atoms with Crippen LogP contribution in [0.25, 0.3) is 0 Å². The van der Waals surface area contributed by atoms with Gasteiger partial charge >= 0.3 is 0 Å². The number of hydrogen-bond donors (Lipinski definition) is 1. The van der Waals surface area contributed by atoms with Gasteiger partial charge in [0.15, 0.2) is 0 Å². The van der Waals surface area contributed by atoms with Crippen molar-refractivity contribution in [3.63, 3.8) is 0 Å². The average molecular weight is 183 g/mol. The molecule has 0 aliphatic carbocycles. The number of carbonyl (C=O) groups excluding carboxylic acids is 1.